The summed E-state index contributed by atoms with van der Waals surface area (Å²) in [4.78, 5) is 14.9. The van der Waals surface area contributed by atoms with Crippen LogP contribution >= 0.6 is 0 Å². The van der Waals surface area contributed by atoms with E-state index in [1.54, 1.807) is 30.5 Å². The molecule has 2 aromatic heterocycles. The van der Waals surface area contributed by atoms with Crippen molar-refractivity contribution >= 4 is 11.6 Å². The topological polar surface area (TPSA) is 63.4 Å². The molecular weight excluding hydrogens is 309 g/mol. The van der Waals surface area contributed by atoms with E-state index < -0.39 is 0 Å². The standard InChI is InChI=1S/C17H16FN5O/c18-14-6-4-12(5-7-14)15-3-1-2-9-22(15)17(24)13-8-10-23-16(11-13)19-20-21-23/h4-8,10-11,15H,1-3,9H2/t15-/m0/s1. The molecule has 1 fully saturated rings. The van der Waals surface area contributed by atoms with Gasteiger partial charge in [0.25, 0.3) is 5.91 Å². The highest BCUT2D eigenvalue weighted by atomic mass is 19.1. The molecule has 0 N–H and O–H groups in total. The number of fused-ring (bicyclic) bond motifs is 1. The van der Waals surface area contributed by atoms with Crippen molar-refractivity contribution in [2.45, 2.75) is 25.3 Å². The minimum absolute atomic E-state index is 0.0286. The Morgan fingerprint density at radius 2 is 2.00 bits per heavy atom. The first-order valence-electron chi connectivity index (χ1n) is 7.96. The van der Waals surface area contributed by atoms with E-state index >= 15 is 0 Å². The van der Waals surface area contributed by atoms with E-state index in [1.807, 2.05) is 4.90 Å². The summed E-state index contributed by atoms with van der Waals surface area (Å²) < 4.78 is 14.7. The molecule has 0 saturated carbocycles. The Kier molecular flexibility index (Phi) is 3.68. The number of tetrazole rings is 1. The summed E-state index contributed by atoms with van der Waals surface area (Å²) in [6.07, 6.45) is 4.59. The lowest BCUT2D eigenvalue weighted by Crippen LogP contribution is -2.38. The van der Waals surface area contributed by atoms with E-state index in [4.69, 9.17) is 0 Å². The maximum absolute atomic E-state index is 13.2. The Morgan fingerprint density at radius 1 is 1.17 bits per heavy atom. The van der Waals surface area contributed by atoms with E-state index in [0.29, 0.717) is 17.8 Å². The SMILES string of the molecule is O=C(c1ccn2nnnc2c1)N1CCCC[C@H]1c1ccc(F)cc1. The molecule has 1 atom stereocenters. The monoisotopic (exact) mass is 325 g/mol. The van der Waals surface area contributed by atoms with E-state index in [1.165, 1.54) is 16.6 Å². The smallest absolute Gasteiger partial charge is 0.254 e. The molecule has 24 heavy (non-hydrogen) atoms. The molecule has 3 aromatic rings. The van der Waals surface area contributed by atoms with Gasteiger partial charge in [-0.3, -0.25) is 4.79 Å². The molecule has 1 aromatic carbocycles. The van der Waals surface area contributed by atoms with Crippen LogP contribution in [0.1, 0.15) is 41.2 Å². The number of piperidine rings is 1. The molecule has 0 unspecified atom stereocenters. The highest BCUT2D eigenvalue weighted by Crippen LogP contribution is 2.32. The lowest BCUT2D eigenvalue weighted by molar-refractivity contribution is 0.0611. The summed E-state index contributed by atoms with van der Waals surface area (Å²) in [5, 5.41) is 11.3. The van der Waals surface area contributed by atoms with Gasteiger partial charge in [0.15, 0.2) is 5.65 Å². The van der Waals surface area contributed by atoms with Crippen LogP contribution in [0.2, 0.25) is 0 Å². The quantitative estimate of drug-likeness (QED) is 0.726. The van der Waals surface area contributed by atoms with Crippen LogP contribution in [0.25, 0.3) is 5.65 Å². The van der Waals surface area contributed by atoms with Crippen molar-refractivity contribution in [2.75, 3.05) is 6.54 Å². The lowest BCUT2D eigenvalue weighted by Gasteiger charge is -2.36. The van der Waals surface area contributed by atoms with Crippen molar-refractivity contribution in [1.82, 2.24) is 24.9 Å². The number of benzene rings is 1. The number of hydrogen-bond donors (Lipinski definition) is 0. The van der Waals surface area contributed by atoms with Gasteiger partial charge in [-0.15, -0.1) is 5.10 Å². The third kappa shape index (κ3) is 2.62. The molecule has 6 nitrogen and oxygen atoms in total. The molecule has 0 aliphatic carbocycles. The average molecular weight is 325 g/mol. The van der Waals surface area contributed by atoms with Crippen molar-refractivity contribution in [1.29, 1.82) is 0 Å². The van der Waals surface area contributed by atoms with E-state index in [-0.39, 0.29) is 17.8 Å². The second-order valence-corrected chi connectivity index (χ2v) is 5.96. The number of nitrogens with zero attached hydrogens (tertiary/aromatic N) is 5. The number of aromatic nitrogens is 4. The second kappa shape index (κ2) is 5.99. The molecule has 1 aliphatic heterocycles. The van der Waals surface area contributed by atoms with Crippen molar-refractivity contribution in [3.05, 3.63) is 59.5 Å². The molecule has 0 bridgehead atoms. The van der Waals surface area contributed by atoms with Gasteiger partial charge >= 0.3 is 0 Å². The Hall–Kier alpha value is -2.83. The number of likely N-dealkylation sites (tertiary alicyclic amines) is 1. The van der Waals surface area contributed by atoms with E-state index in [9.17, 15) is 9.18 Å². The molecule has 1 aliphatic rings. The lowest BCUT2D eigenvalue weighted by atomic mass is 9.94. The van der Waals surface area contributed by atoms with Gasteiger partial charge in [0, 0.05) is 18.3 Å². The van der Waals surface area contributed by atoms with Gasteiger partial charge in [-0.2, -0.15) is 0 Å². The predicted molar refractivity (Wildman–Crippen MR) is 84.8 cm³/mol. The Morgan fingerprint density at radius 3 is 2.83 bits per heavy atom. The predicted octanol–water partition coefficient (Wildman–Crippen LogP) is 2.63. The Labute approximate surface area is 137 Å². The fraction of sp³-hybridized carbons (Fsp3) is 0.294. The Balaban J connectivity index is 1.66. The van der Waals surface area contributed by atoms with Gasteiger partial charge in [-0.1, -0.05) is 12.1 Å². The first kappa shape index (κ1) is 14.7. The van der Waals surface area contributed by atoms with Crippen LogP contribution in [0, 0.1) is 5.82 Å². The van der Waals surface area contributed by atoms with Crippen LogP contribution in [0.15, 0.2) is 42.6 Å². The number of carbonyl (C=O) groups excluding carboxylic acids is 1. The number of halogens is 1. The summed E-state index contributed by atoms with van der Waals surface area (Å²) in [6.45, 7) is 0.691. The van der Waals surface area contributed by atoms with Crippen LogP contribution < -0.4 is 0 Å². The third-order valence-corrected chi connectivity index (χ3v) is 4.46. The maximum atomic E-state index is 13.2. The molecule has 3 heterocycles. The Bertz CT molecular complexity index is 876. The van der Waals surface area contributed by atoms with Crippen molar-refractivity contribution < 1.29 is 9.18 Å². The fourth-order valence-electron chi connectivity index (χ4n) is 3.24. The van der Waals surface area contributed by atoms with E-state index in [0.717, 1.165) is 24.8 Å². The van der Waals surface area contributed by atoms with Crippen molar-refractivity contribution in [3.8, 4) is 0 Å². The molecule has 0 radical (unpaired) electrons. The fourth-order valence-corrected chi connectivity index (χ4v) is 3.24. The molecule has 1 amide bonds. The van der Waals surface area contributed by atoms with Gasteiger partial charge in [0.2, 0.25) is 0 Å². The number of rotatable bonds is 2. The van der Waals surface area contributed by atoms with Gasteiger partial charge in [-0.25, -0.2) is 8.91 Å². The molecular formula is C17H16FN5O. The summed E-state index contributed by atoms with van der Waals surface area (Å²) in [7, 11) is 0. The zero-order chi connectivity index (χ0) is 16.5. The maximum Gasteiger partial charge on any atom is 0.254 e. The van der Waals surface area contributed by atoms with Crippen LogP contribution in [0.4, 0.5) is 4.39 Å². The van der Waals surface area contributed by atoms with Gasteiger partial charge in [0.1, 0.15) is 5.82 Å². The normalized spacial score (nSPS) is 18.0. The molecule has 0 spiro atoms. The average Bonchev–Trinajstić information content (AvgIpc) is 3.09. The van der Waals surface area contributed by atoms with Gasteiger partial charge in [-0.05, 0) is 59.5 Å². The second-order valence-electron chi connectivity index (χ2n) is 5.96. The zero-order valence-electron chi connectivity index (χ0n) is 13.0. The van der Waals surface area contributed by atoms with Crippen LogP contribution in [-0.4, -0.2) is 37.4 Å². The van der Waals surface area contributed by atoms with Gasteiger partial charge < -0.3 is 4.90 Å². The summed E-state index contributed by atoms with van der Waals surface area (Å²) in [5.74, 6) is -0.313. The molecule has 122 valence electrons. The third-order valence-electron chi connectivity index (χ3n) is 4.46. The number of amides is 1. The molecule has 7 heteroatoms. The minimum Gasteiger partial charge on any atom is -0.332 e. The van der Waals surface area contributed by atoms with Crippen LogP contribution in [-0.2, 0) is 0 Å². The molecule has 4 rings (SSSR count). The van der Waals surface area contributed by atoms with Crippen molar-refractivity contribution in [2.24, 2.45) is 0 Å². The highest BCUT2D eigenvalue weighted by Gasteiger charge is 2.29. The summed E-state index contributed by atoms with van der Waals surface area (Å²) in [5.41, 5.74) is 2.07. The summed E-state index contributed by atoms with van der Waals surface area (Å²) >= 11 is 0. The van der Waals surface area contributed by atoms with Gasteiger partial charge in [0.05, 0.1) is 6.04 Å². The summed E-state index contributed by atoms with van der Waals surface area (Å²) in [6, 6.07) is 9.80. The number of carbonyl (C=O) groups is 1. The number of hydrogen-bond acceptors (Lipinski definition) is 4. The molecule has 1 saturated heterocycles. The van der Waals surface area contributed by atoms with Crippen LogP contribution in [0.3, 0.4) is 0 Å². The van der Waals surface area contributed by atoms with E-state index in [2.05, 4.69) is 15.5 Å². The largest absolute Gasteiger partial charge is 0.332 e. The zero-order valence-corrected chi connectivity index (χ0v) is 13.0. The first-order chi connectivity index (χ1) is 11.7. The van der Waals surface area contributed by atoms with Crippen LogP contribution in [0.5, 0.6) is 0 Å². The minimum atomic E-state index is -0.266. The number of pyridine rings is 1. The first-order valence-corrected chi connectivity index (χ1v) is 7.96. The van der Waals surface area contributed by atoms with Crippen molar-refractivity contribution in [3.63, 3.8) is 0 Å². The highest BCUT2D eigenvalue weighted by molar-refractivity contribution is 5.95.